The number of likely N-dealkylation sites (tertiary alicyclic amines) is 1. The molecule has 0 spiro atoms. The van der Waals surface area contributed by atoms with Crippen molar-refractivity contribution in [3.05, 3.63) is 16.1 Å². The molecule has 108 valence electrons. The van der Waals surface area contributed by atoms with Crippen LogP contribution in [0.2, 0.25) is 0 Å². The van der Waals surface area contributed by atoms with E-state index in [-0.39, 0.29) is 6.10 Å². The Hall–Kier alpha value is -0.450. The molecule has 1 aromatic heterocycles. The molecule has 4 heteroatoms. The zero-order valence-corrected chi connectivity index (χ0v) is 13.1. The van der Waals surface area contributed by atoms with Gasteiger partial charge >= 0.3 is 0 Å². The van der Waals surface area contributed by atoms with Crippen molar-refractivity contribution in [3.63, 3.8) is 0 Å². The third-order valence-corrected chi connectivity index (χ3v) is 4.88. The third-order valence-electron chi connectivity index (χ3n) is 3.92. The molecule has 0 aromatic carbocycles. The topological polar surface area (TPSA) is 36.4 Å². The fourth-order valence-corrected chi connectivity index (χ4v) is 3.24. The van der Waals surface area contributed by atoms with E-state index in [1.165, 1.54) is 17.1 Å². The van der Waals surface area contributed by atoms with Crippen LogP contribution in [0.25, 0.3) is 0 Å². The number of hydrogen-bond acceptors (Lipinski definition) is 4. The lowest BCUT2D eigenvalue weighted by molar-refractivity contribution is 0.0255. The molecule has 1 aliphatic heterocycles. The largest absolute Gasteiger partial charge is 0.392 e. The van der Waals surface area contributed by atoms with Crippen molar-refractivity contribution in [1.29, 1.82) is 0 Å². The summed E-state index contributed by atoms with van der Waals surface area (Å²) in [5.74, 6) is 1.18. The van der Waals surface area contributed by atoms with Crippen LogP contribution in [-0.2, 0) is 13.0 Å². The predicted octanol–water partition coefficient (Wildman–Crippen LogP) is 2.93. The molecule has 1 aliphatic rings. The van der Waals surface area contributed by atoms with Crippen LogP contribution in [0.3, 0.4) is 0 Å². The van der Waals surface area contributed by atoms with Gasteiger partial charge in [-0.15, -0.1) is 11.3 Å². The Balaban J connectivity index is 1.83. The van der Waals surface area contributed by atoms with E-state index < -0.39 is 0 Å². The molecule has 3 nitrogen and oxygen atoms in total. The summed E-state index contributed by atoms with van der Waals surface area (Å²) in [6, 6.07) is 0. The maximum absolute atomic E-state index is 9.92. The fraction of sp³-hybridized carbons (Fsp3) is 0.800. The van der Waals surface area contributed by atoms with Gasteiger partial charge in [0.2, 0.25) is 0 Å². The smallest absolute Gasteiger partial charge is 0.0928 e. The van der Waals surface area contributed by atoms with Gasteiger partial charge in [0.15, 0.2) is 0 Å². The first-order chi connectivity index (χ1) is 9.04. The van der Waals surface area contributed by atoms with Crippen LogP contribution in [0, 0.1) is 11.8 Å². The molecule has 0 bridgehead atoms. The predicted molar refractivity (Wildman–Crippen MR) is 80.3 cm³/mol. The number of aliphatic hydroxyl groups excluding tert-OH is 1. The number of β-amino-alcohol motifs (C(OH)–C–C–N with tert-alkyl or cyclic N) is 1. The van der Waals surface area contributed by atoms with E-state index in [2.05, 4.69) is 31.1 Å². The average Bonchev–Trinajstić information content (AvgIpc) is 2.79. The Bertz CT molecular complexity index is 391. The molecule has 2 atom stereocenters. The first-order valence-corrected chi connectivity index (χ1v) is 8.26. The number of aromatic nitrogens is 1. The summed E-state index contributed by atoms with van der Waals surface area (Å²) in [6.07, 6.45) is 3.23. The van der Waals surface area contributed by atoms with E-state index in [1.54, 1.807) is 11.3 Å². The molecule has 0 amide bonds. The molecule has 2 unspecified atom stereocenters. The van der Waals surface area contributed by atoms with Crippen molar-refractivity contribution >= 4 is 11.3 Å². The van der Waals surface area contributed by atoms with Crippen molar-refractivity contribution in [2.45, 2.75) is 52.7 Å². The van der Waals surface area contributed by atoms with Gasteiger partial charge in [0.25, 0.3) is 0 Å². The SMILES string of the molecule is CC(C)CCc1nc(CN2CCC(C)C(O)C2)cs1. The lowest BCUT2D eigenvalue weighted by Crippen LogP contribution is -2.42. The maximum Gasteiger partial charge on any atom is 0.0928 e. The quantitative estimate of drug-likeness (QED) is 0.902. The van der Waals surface area contributed by atoms with E-state index in [1.807, 2.05) is 0 Å². The van der Waals surface area contributed by atoms with Crippen LogP contribution in [0.1, 0.15) is 44.3 Å². The first-order valence-electron chi connectivity index (χ1n) is 7.38. The summed E-state index contributed by atoms with van der Waals surface area (Å²) in [5, 5.41) is 13.4. The molecular weight excluding hydrogens is 256 g/mol. The van der Waals surface area contributed by atoms with Gasteiger partial charge in [0, 0.05) is 18.5 Å². The zero-order valence-electron chi connectivity index (χ0n) is 12.3. The molecular formula is C15H26N2OS. The summed E-state index contributed by atoms with van der Waals surface area (Å²) in [6.45, 7) is 9.41. The third kappa shape index (κ3) is 4.55. The fourth-order valence-electron chi connectivity index (χ4n) is 2.44. The lowest BCUT2D eigenvalue weighted by Gasteiger charge is -2.33. The Kier molecular flexibility index (Phi) is 5.37. The minimum absolute atomic E-state index is 0.173. The molecule has 1 aromatic rings. The molecule has 0 saturated carbocycles. The number of nitrogens with zero attached hydrogens (tertiary/aromatic N) is 2. The van der Waals surface area contributed by atoms with Gasteiger partial charge in [-0.3, -0.25) is 4.90 Å². The Labute approximate surface area is 120 Å². The molecule has 0 aliphatic carbocycles. The average molecular weight is 282 g/mol. The molecule has 2 rings (SSSR count). The van der Waals surface area contributed by atoms with Crippen molar-refractivity contribution in [3.8, 4) is 0 Å². The van der Waals surface area contributed by atoms with Gasteiger partial charge in [0.05, 0.1) is 16.8 Å². The highest BCUT2D eigenvalue weighted by Gasteiger charge is 2.24. The Morgan fingerprint density at radius 3 is 3.00 bits per heavy atom. The van der Waals surface area contributed by atoms with Crippen LogP contribution < -0.4 is 0 Å². The van der Waals surface area contributed by atoms with Crippen molar-refractivity contribution in [2.75, 3.05) is 13.1 Å². The summed E-state index contributed by atoms with van der Waals surface area (Å²) in [4.78, 5) is 7.04. The summed E-state index contributed by atoms with van der Waals surface area (Å²) in [7, 11) is 0. The highest BCUT2D eigenvalue weighted by Crippen LogP contribution is 2.20. The van der Waals surface area contributed by atoms with E-state index in [0.717, 1.165) is 38.4 Å². The second-order valence-corrected chi connectivity index (χ2v) is 7.18. The van der Waals surface area contributed by atoms with Crippen LogP contribution >= 0.6 is 11.3 Å². The highest BCUT2D eigenvalue weighted by molar-refractivity contribution is 7.09. The van der Waals surface area contributed by atoms with E-state index in [9.17, 15) is 5.11 Å². The lowest BCUT2D eigenvalue weighted by atomic mass is 9.96. The summed E-state index contributed by atoms with van der Waals surface area (Å²) >= 11 is 1.78. The van der Waals surface area contributed by atoms with Crippen LogP contribution in [-0.4, -0.2) is 34.2 Å². The molecule has 1 fully saturated rings. The van der Waals surface area contributed by atoms with Crippen molar-refractivity contribution < 1.29 is 5.11 Å². The Morgan fingerprint density at radius 1 is 1.53 bits per heavy atom. The number of hydrogen-bond donors (Lipinski definition) is 1. The standard InChI is InChI=1S/C15H26N2OS/c1-11(2)4-5-15-16-13(10-19-15)8-17-7-6-12(3)14(18)9-17/h10-12,14,18H,4-9H2,1-3H3. The molecule has 0 radical (unpaired) electrons. The minimum Gasteiger partial charge on any atom is -0.392 e. The van der Waals surface area contributed by atoms with E-state index >= 15 is 0 Å². The van der Waals surface area contributed by atoms with Gasteiger partial charge in [-0.05, 0) is 37.6 Å². The monoisotopic (exact) mass is 282 g/mol. The molecule has 1 N–H and O–H groups in total. The van der Waals surface area contributed by atoms with Crippen molar-refractivity contribution in [2.24, 2.45) is 11.8 Å². The number of aryl methyl sites for hydroxylation is 1. The molecule has 2 heterocycles. The minimum atomic E-state index is -0.173. The van der Waals surface area contributed by atoms with Gasteiger partial charge in [-0.1, -0.05) is 20.8 Å². The second-order valence-electron chi connectivity index (χ2n) is 6.23. The van der Waals surface area contributed by atoms with Crippen LogP contribution in [0.4, 0.5) is 0 Å². The molecule has 1 saturated heterocycles. The zero-order chi connectivity index (χ0) is 13.8. The Morgan fingerprint density at radius 2 is 2.32 bits per heavy atom. The maximum atomic E-state index is 9.92. The normalized spacial score (nSPS) is 25.1. The second kappa shape index (κ2) is 6.82. The van der Waals surface area contributed by atoms with Gasteiger partial charge < -0.3 is 5.11 Å². The summed E-state index contributed by atoms with van der Waals surface area (Å²) in [5.41, 5.74) is 1.17. The van der Waals surface area contributed by atoms with Gasteiger partial charge in [-0.25, -0.2) is 4.98 Å². The highest BCUT2D eigenvalue weighted by atomic mass is 32.1. The first kappa shape index (κ1) is 14.9. The summed E-state index contributed by atoms with van der Waals surface area (Å²) < 4.78 is 0. The van der Waals surface area contributed by atoms with Crippen LogP contribution in [0.15, 0.2) is 5.38 Å². The van der Waals surface area contributed by atoms with Crippen molar-refractivity contribution in [1.82, 2.24) is 9.88 Å². The number of rotatable bonds is 5. The number of piperidine rings is 1. The van der Waals surface area contributed by atoms with Crippen LogP contribution in [0.5, 0.6) is 0 Å². The van der Waals surface area contributed by atoms with E-state index in [4.69, 9.17) is 4.98 Å². The number of thiazole rings is 1. The van der Waals surface area contributed by atoms with E-state index in [0.29, 0.717) is 5.92 Å². The molecule has 19 heavy (non-hydrogen) atoms. The van der Waals surface area contributed by atoms with Gasteiger partial charge in [0.1, 0.15) is 0 Å². The van der Waals surface area contributed by atoms with Gasteiger partial charge in [-0.2, -0.15) is 0 Å². The number of aliphatic hydroxyl groups is 1.